The molecule has 0 saturated heterocycles. The van der Waals surface area contributed by atoms with Crippen molar-refractivity contribution in [1.29, 1.82) is 0 Å². The molecule has 2 atom stereocenters. The Morgan fingerprint density at radius 1 is 1.56 bits per heavy atom. The van der Waals surface area contributed by atoms with Crippen LogP contribution in [-0.4, -0.2) is 23.7 Å². The highest BCUT2D eigenvalue weighted by atomic mass is 16.3. The second kappa shape index (κ2) is 4.23. The van der Waals surface area contributed by atoms with E-state index in [1.54, 1.807) is 0 Å². The monoisotopic (exact) mass is 220 g/mol. The zero-order chi connectivity index (χ0) is 11.7. The Kier molecular flexibility index (Phi) is 2.94. The molecule has 0 aliphatic carbocycles. The standard InChI is InChI=1S/C12H16N2O2/c1-7-3-4-10-9(5-7)11(12(16)14-10)13-8(2)6-15/h3-5,8,11,13,15H,6H2,1-2H3,(H,14,16). The van der Waals surface area contributed by atoms with Crippen LogP contribution >= 0.6 is 0 Å². The van der Waals surface area contributed by atoms with Gasteiger partial charge in [0, 0.05) is 17.3 Å². The van der Waals surface area contributed by atoms with Gasteiger partial charge >= 0.3 is 0 Å². The first-order valence-corrected chi connectivity index (χ1v) is 5.40. The van der Waals surface area contributed by atoms with Gasteiger partial charge in [-0.25, -0.2) is 0 Å². The Morgan fingerprint density at radius 3 is 3.00 bits per heavy atom. The molecule has 4 nitrogen and oxygen atoms in total. The quantitative estimate of drug-likeness (QED) is 0.711. The highest BCUT2D eigenvalue weighted by Gasteiger charge is 2.30. The average Bonchev–Trinajstić information content (AvgIpc) is 2.55. The molecule has 16 heavy (non-hydrogen) atoms. The molecule has 86 valence electrons. The third-order valence-corrected chi connectivity index (χ3v) is 2.76. The van der Waals surface area contributed by atoms with Gasteiger partial charge in [0.25, 0.3) is 0 Å². The van der Waals surface area contributed by atoms with Crippen LogP contribution in [0.5, 0.6) is 0 Å². The minimum atomic E-state index is -0.350. The number of nitrogens with one attached hydrogen (secondary N) is 2. The van der Waals surface area contributed by atoms with Crippen LogP contribution in [0.25, 0.3) is 0 Å². The second-order valence-electron chi connectivity index (χ2n) is 4.26. The number of aliphatic hydroxyl groups excluding tert-OH is 1. The summed E-state index contributed by atoms with van der Waals surface area (Å²) in [5.41, 5.74) is 2.95. The van der Waals surface area contributed by atoms with Crippen LogP contribution in [0.2, 0.25) is 0 Å². The molecule has 0 aromatic heterocycles. The predicted molar refractivity (Wildman–Crippen MR) is 62.2 cm³/mol. The first-order chi connectivity index (χ1) is 7.61. The SMILES string of the molecule is Cc1ccc2c(c1)C(NC(C)CO)C(=O)N2. The van der Waals surface area contributed by atoms with Gasteiger partial charge in [-0.05, 0) is 19.9 Å². The van der Waals surface area contributed by atoms with E-state index in [-0.39, 0.29) is 24.6 Å². The van der Waals surface area contributed by atoms with Crippen LogP contribution in [-0.2, 0) is 4.79 Å². The molecule has 2 rings (SSSR count). The lowest BCUT2D eigenvalue weighted by atomic mass is 10.0. The molecule has 1 aliphatic heterocycles. The lowest BCUT2D eigenvalue weighted by Crippen LogP contribution is -2.36. The fourth-order valence-corrected chi connectivity index (χ4v) is 1.88. The van der Waals surface area contributed by atoms with Crippen molar-refractivity contribution in [2.24, 2.45) is 0 Å². The Hall–Kier alpha value is -1.39. The number of fused-ring (bicyclic) bond motifs is 1. The van der Waals surface area contributed by atoms with E-state index in [9.17, 15) is 4.79 Å². The smallest absolute Gasteiger partial charge is 0.246 e. The maximum absolute atomic E-state index is 11.7. The number of carbonyl (C=O) groups is 1. The van der Waals surface area contributed by atoms with E-state index in [2.05, 4.69) is 10.6 Å². The van der Waals surface area contributed by atoms with Crippen molar-refractivity contribution in [3.63, 3.8) is 0 Å². The normalized spacial score (nSPS) is 20.4. The molecule has 4 heteroatoms. The Labute approximate surface area is 94.7 Å². The van der Waals surface area contributed by atoms with Crippen LogP contribution in [0.15, 0.2) is 18.2 Å². The van der Waals surface area contributed by atoms with Gasteiger partial charge in [-0.3, -0.25) is 10.1 Å². The third kappa shape index (κ3) is 1.94. The summed E-state index contributed by atoms with van der Waals surface area (Å²) in [5, 5.41) is 14.9. The molecule has 0 saturated carbocycles. The maximum atomic E-state index is 11.7. The number of anilines is 1. The molecular formula is C12H16N2O2. The number of benzene rings is 1. The average molecular weight is 220 g/mol. The zero-order valence-electron chi connectivity index (χ0n) is 9.45. The van der Waals surface area contributed by atoms with Gasteiger partial charge in [-0.2, -0.15) is 0 Å². The van der Waals surface area contributed by atoms with Gasteiger partial charge < -0.3 is 10.4 Å². The van der Waals surface area contributed by atoms with Gasteiger partial charge in [0.15, 0.2) is 0 Å². The molecule has 0 radical (unpaired) electrons. The summed E-state index contributed by atoms with van der Waals surface area (Å²) in [6.07, 6.45) is 0. The summed E-state index contributed by atoms with van der Waals surface area (Å²) < 4.78 is 0. The van der Waals surface area contributed by atoms with Crippen LogP contribution in [0, 0.1) is 6.92 Å². The van der Waals surface area contributed by atoms with Crippen LogP contribution in [0.4, 0.5) is 5.69 Å². The third-order valence-electron chi connectivity index (χ3n) is 2.76. The molecule has 1 amide bonds. The van der Waals surface area contributed by atoms with Crippen molar-refractivity contribution >= 4 is 11.6 Å². The molecule has 3 N–H and O–H groups in total. The van der Waals surface area contributed by atoms with E-state index < -0.39 is 0 Å². The fourth-order valence-electron chi connectivity index (χ4n) is 1.88. The first kappa shape index (κ1) is 11.1. The predicted octanol–water partition coefficient (Wildman–Crippen LogP) is 0.959. The topological polar surface area (TPSA) is 61.4 Å². The minimum absolute atomic E-state index is 0.0188. The Bertz CT molecular complexity index is 417. The van der Waals surface area contributed by atoms with E-state index in [1.165, 1.54) is 0 Å². The number of aryl methyl sites for hydroxylation is 1. The highest BCUT2D eigenvalue weighted by molar-refractivity contribution is 6.02. The van der Waals surface area contributed by atoms with Gasteiger partial charge in [0.1, 0.15) is 6.04 Å². The largest absolute Gasteiger partial charge is 0.395 e. The van der Waals surface area contributed by atoms with E-state index in [0.717, 1.165) is 16.8 Å². The van der Waals surface area contributed by atoms with Crippen molar-refractivity contribution in [2.45, 2.75) is 25.9 Å². The maximum Gasteiger partial charge on any atom is 0.246 e. The van der Waals surface area contributed by atoms with Crippen LogP contribution in [0.1, 0.15) is 24.1 Å². The molecule has 0 fully saturated rings. The summed E-state index contributed by atoms with van der Waals surface area (Å²) >= 11 is 0. The molecule has 1 aliphatic rings. The highest BCUT2D eigenvalue weighted by Crippen LogP contribution is 2.31. The fraction of sp³-hybridized carbons (Fsp3) is 0.417. The van der Waals surface area contributed by atoms with E-state index >= 15 is 0 Å². The van der Waals surface area contributed by atoms with Crippen molar-refractivity contribution < 1.29 is 9.90 Å². The van der Waals surface area contributed by atoms with Crippen molar-refractivity contribution in [3.05, 3.63) is 29.3 Å². The number of hydrogen-bond acceptors (Lipinski definition) is 3. The molecule has 0 spiro atoms. The second-order valence-corrected chi connectivity index (χ2v) is 4.26. The number of carbonyl (C=O) groups excluding carboxylic acids is 1. The van der Waals surface area contributed by atoms with Crippen LogP contribution < -0.4 is 10.6 Å². The van der Waals surface area contributed by atoms with E-state index in [0.29, 0.717) is 0 Å². The summed E-state index contributed by atoms with van der Waals surface area (Å²) in [7, 11) is 0. The molecule has 1 aromatic rings. The number of aliphatic hydroxyl groups is 1. The van der Waals surface area contributed by atoms with Crippen LogP contribution in [0.3, 0.4) is 0 Å². The zero-order valence-corrected chi connectivity index (χ0v) is 9.45. The van der Waals surface area contributed by atoms with Crippen molar-refractivity contribution in [1.82, 2.24) is 5.32 Å². The van der Waals surface area contributed by atoms with E-state index in [1.807, 2.05) is 32.0 Å². The lowest BCUT2D eigenvalue weighted by Gasteiger charge is -2.16. The molecular weight excluding hydrogens is 204 g/mol. The number of hydrogen-bond donors (Lipinski definition) is 3. The Morgan fingerprint density at radius 2 is 2.31 bits per heavy atom. The number of amides is 1. The molecule has 2 unspecified atom stereocenters. The summed E-state index contributed by atoms with van der Waals surface area (Å²) in [4.78, 5) is 11.7. The van der Waals surface area contributed by atoms with Gasteiger partial charge in [-0.1, -0.05) is 17.7 Å². The molecule has 1 aromatic carbocycles. The molecule has 0 bridgehead atoms. The summed E-state index contributed by atoms with van der Waals surface area (Å²) in [6, 6.07) is 5.43. The number of rotatable bonds is 3. The first-order valence-electron chi connectivity index (χ1n) is 5.40. The lowest BCUT2D eigenvalue weighted by molar-refractivity contribution is -0.117. The van der Waals surface area contributed by atoms with E-state index in [4.69, 9.17) is 5.11 Å². The molecule has 1 heterocycles. The summed E-state index contributed by atoms with van der Waals surface area (Å²) in [6.45, 7) is 3.86. The van der Waals surface area contributed by atoms with Gasteiger partial charge in [0.05, 0.1) is 6.61 Å². The van der Waals surface area contributed by atoms with Gasteiger partial charge in [-0.15, -0.1) is 0 Å². The van der Waals surface area contributed by atoms with Crippen molar-refractivity contribution in [2.75, 3.05) is 11.9 Å². The van der Waals surface area contributed by atoms with Gasteiger partial charge in [0.2, 0.25) is 5.91 Å². The minimum Gasteiger partial charge on any atom is -0.395 e. The summed E-state index contributed by atoms with van der Waals surface area (Å²) in [5.74, 6) is -0.0547. The Balaban J connectivity index is 2.28. The van der Waals surface area contributed by atoms with Crippen molar-refractivity contribution in [3.8, 4) is 0 Å².